The van der Waals surface area contributed by atoms with Gasteiger partial charge in [-0.2, -0.15) is 0 Å². The Morgan fingerprint density at radius 3 is 1.30 bits per heavy atom. The zero-order valence-electron chi connectivity index (χ0n) is 14.7. The zero-order valence-corrected chi connectivity index (χ0v) is 14.7. The largest absolute Gasteiger partial charge is 0.347 e. The van der Waals surface area contributed by atoms with E-state index in [0.29, 0.717) is 17.6 Å². The highest BCUT2D eigenvalue weighted by Crippen LogP contribution is 2.49. The van der Waals surface area contributed by atoms with Crippen molar-refractivity contribution in [3.05, 3.63) is 0 Å². The molecule has 4 rings (SSSR count). The lowest BCUT2D eigenvalue weighted by Gasteiger charge is -2.46. The van der Waals surface area contributed by atoms with E-state index in [1.807, 2.05) is 0 Å². The van der Waals surface area contributed by atoms with E-state index in [0.717, 1.165) is 25.0 Å². The second kappa shape index (κ2) is 6.62. The Hall–Kier alpha value is -0.160. The highest BCUT2D eigenvalue weighted by molar-refractivity contribution is 4.91. The normalized spacial score (nSPS) is 44.1. The van der Waals surface area contributed by atoms with Gasteiger partial charge in [-0.15, -0.1) is 0 Å². The van der Waals surface area contributed by atoms with Crippen molar-refractivity contribution < 1.29 is 18.9 Å². The smallest absolute Gasteiger partial charge is 0.181 e. The summed E-state index contributed by atoms with van der Waals surface area (Å²) in [5, 5.41) is 0. The van der Waals surface area contributed by atoms with Crippen LogP contribution in [0.4, 0.5) is 0 Å². The molecular formula is C19H32O4. The van der Waals surface area contributed by atoms with Crippen molar-refractivity contribution in [3.63, 3.8) is 0 Å². The van der Waals surface area contributed by atoms with Crippen molar-refractivity contribution in [1.29, 1.82) is 0 Å². The molecule has 0 bridgehead atoms. The molecule has 2 atom stereocenters. The summed E-state index contributed by atoms with van der Waals surface area (Å²) in [5.41, 5.74) is 0.447. The van der Waals surface area contributed by atoms with Gasteiger partial charge in [-0.3, -0.25) is 0 Å². The minimum absolute atomic E-state index is 0.121. The lowest BCUT2D eigenvalue weighted by Crippen LogP contribution is -2.39. The number of rotatable bonds is 6. The molecule has 4 aliphatic rings. The van der Waals surface area contributed by atoms with Crippen molar-refractivity contribution in [2.24, 2.45) is 17.3 Å². The van der Waals surface area contributed by atoms with E-state index in [4.69, 9.17) is 18.9 Å². The maximum atomic E-state index is 5.92. The molecule has 132 valence electrons. The quantitative estimate of drug-likeness (QED) is 0.696. The molecule has 2 saturated carbocycles. The van der Waals surface area contributed by atoms with Crippen LogP contribution in [0.1, 0.15) is 65.2 Å². The Kier molecular flexibility index (Phi) is 4.70. The predicted octanol–water partition coefficient (Wildman–Crippen LogP) is 3.88. The fourth-order valence-corrected chi connectivity index (χ4v) is 4.88. The minimum atomic E-state index is 0.121. The van der Waals surface area contributed by atoms with Gasteiger partial charge in [0.1, 0.15) is 13.2 Å². The summed E-state index contributed by atoms with van der Waals surface area (Å²) in [6.07, 6.45) is 11.2. The molecule has 0 radical (unpaired) electrons. The maximum absolute atomic E-state index is 5.92. The van der Waals surface area contributed by atoms with Crippen LogP contribution in [0, 0.1) is 17.3 Å². The molecule has 0 spiro atoms. The SMILES string of the molecule is CC(C)(C1CCC(OC2CO2)CC1)C1CCC(OC2CO2)CC1. The Bertz CT molecular complexity index is 350. The maximum Gasteiger partial charge on any atom is 0.181 e. The molecule has 2 unspecified atom stereocenters. The number of hydrogen-bond acceptors (Lipinski definition) is 4. The van der Waals surface area contributed by atoms with Gasteiger partial charge in [-0.1, -0.05) is 13.8 Å². The van der Waals surface area contributed by atoms with Gasteiger partial charge in [0.2, 0.25) is 0 Å². The number of ether oxygens (including phenoxy) is 4. The van der Waals surface area contributed by atoms with Gasteiger partial charge in [0, 0.05) is 0 Å². The molecule has 4 nitrogen and oxygen atoms in total. The van der Waals surface area contributed by atoms with Gasteiger partial charge in [0.05, 0.1) is 12.2 Å². The van der Waals surface area contributed by atoms with E-state index < -0.39 is 0 Å². The van der Waals surface area contributed by atoms with E-state index in [-0.39, 0.29) is 12.6 Å². The van der Waals surface area contributed by atoms with E-state index in [9.17, 15) is 0 Å². The molecule has 23 heavy (non-hydrogen) atoms. The van der Waals surface area contributed by atoms with E-state index in [1.54, 1.807) is 0 Å². The van der Waals surface area contributed by atoms with Crippen LogP contribution in [0.2, 0.25) is 0 Å². The zero-order chi connectivity index (χ0) is 15.9. The van der Waals surface area contributed by atoms with Crippen LogP contribution >= 0.6 is 0 Å². The summed E-state index contributed by atoms with van der Waals surface area (Å²) in [6.45, 7) is 6.64. The molecule has 0 aromatic carbocycles. The average molecular weight is 324 g/mol. The number of epoxide rings is 2. The highest BCUT2D eigenvalue weighted by atomic mass is 16.8. The predicted molar refractivity (Wildman–Crippen MR) is 86.9 cm³/mol. The van der Waals surface area contributed by atoms with Crippen molar-refractivity contribution in [1.82, 2.24) is 0 Å². The molecule has 0 amide bonds. The summed E-state index contributed by atoms with van der Waals surface area (Å²) >= 11 is 0. The van der Waals surface area contributed by atoms with Crippen molar-refractivity contribution in [2.75, 3.05) is 13.2 Å². The average Bonchev–Trinajstić information content (AvgIpc) is 3.45. The van der Waals surface area contributed by atoms with Gasteiger partial charge in [0.15, 0.2) is 12.6 Å². The summed E-state index contributed by atoms with van der Waals surface area (Å²) in [4.78, 5) is 0. The Balaban J connectivity index is 1.24. The van der Waals surface area contributed by atoms with Gasteiger partial charge >= 0.3 is 0 Å². The van der Waals surface area contributed by atoms with Crippen LogP contribution in [0.3, 0.4) is 0 Å². The first-order valence-electron chi connectivity index (χ1n) is 9.65. The third kappa shape index (κ3) is 4.09. The van der Waals surface area contributed by atoms with Crippen LogP contribution in [0.25, 0.3) is 0 Å². The summed E-state index contributed by atoms with van der Waals surface area (Å²) in [7, 11) is 0. The van der Waals surface area contributed by atoms with Gasteiger partial charge in [0.25, 0.3) is 0 Å². The Labute approximate surface area is 140 Å². The Morgan fingerprint density at radius 1 is 0.652 bits per heavy atom. The molecule has 2 aliphatic carbocycles. The standard InChI is InChI=1S/C19H32O4/c1-19(2,13-3-7-15(8-4-13)22-17-11-20-17)14-5-9-16(10-6-14)23-18-12-21-18/h13-18H,3-12H2,1-2H3. The summed E-state index contributed by atoms with van der Waals surface area (Å²) < 4.78 is 22.2. The van der Waals surface area contributed by atoms with E-state index in [1.165, 1.54) is 51.4 Å². The van der Waals surface area contributed by atoms with Crippen LogP contribution < -0.4 is 0 Å². The second-order valence-electron chi connectivity index (χ2n) is 8.57. The molecule has 2 saturated heterocycles. The summed E-state index contributed by atoms with van der Waals surface area (Å²) in [5.74, 6) is 1.69. The molecule has 0 aromatic rings. The molecule has 4 fully saturated rings. The van der Waals surface area contributed by atoms with Crippen molar-refractivity contribution in [3.8, 4) is 0 Å². The van der Waals surface area contributed by atoms with E-state index >= 15 is 0 Å². The fourth-order valence-electron chi connectivity index (χ4n) is 4.88. The lowest BCUT2D eigenvalue weighted by atomic mass is 9.60. The molecule has 0 aromatic heterocycles. The molecule has 2 heterocycles. The fraction of sp³-hybridized carbons (Fsp3) is 1.00. The van der Waals surface area contributed by atoms with Crippen molar-refractivity contribution >= 4 is 0 Å². The minimum Gasteiger partial charge on any atom is -0.347 e. The first kappa shape index (κ1) is 16.3. The van der Waals surface area contributed by atoms with Gasteiger partial charge in [-0.25, -0.2) is 0 Å². The topological polar surface area (TPSA) is 43.5 Å². The van der Waals surface area contributed by atoms with Crippen LogP contribution in [-0.2, 0) is 18.9 Å². The highest BCUT2D eigenvalue weighted by Gasteiger charge is 2.42. The van der Waals surface area contributed by atoms with Crippen LogP contribution in [0.5, 0.6) is 0 Å². The molecule has 4 heteroatoms. The molecule has 2 aliphatic heterocycles. The molecule has 0 N–H and O–H groups in total. The van der Waals surface area contributed by atoms with Gasteiger partial charge in [-0.05, 0) is 68.6 Å². The lowest BCUT2D eigenvalue weighted by molar-refractivity contribution is -0.0662. The van der Waals surface area contributed by atoms with Crippen LogP contribution in [-0.4, -0.2) is 38.0 Å². The number of hydrogen-bond donors (Lipinski definition) is 0. The first-order chi connectivity index (χ1) is 11.1. The van der Waals surface area contributed by atoms with Crippen molar-refractivity contribution in [2.45, 2.75) is 90.0 Å². The third-order valence-corrected chi connectivity index (χ3v) is 6.75. The van der Waals surface area contributed by atoms with Crippen LogP contribution in [0.15, 0.2) is 0 Å². The Morgan fingerprint density at radius 2 is 1.00 bits per heavy atom. The molecular weight excluding hydrogens is 292 g/mol. The monoisotopic (exact) mass is 324 g/mol. The second-order valence-corrected chi connectivity index (χ2v) is 8.57. The first-order valence-corrected chi connectivity index (χ1v) is 9.65. The summed E-state index contributed by atoms with van der Waals surface area (Å²) in [6, 6.07) is 0. The van der Waals surface area contributed by atoms with E-state index in [2.05, 4.69) is 13.8 Å². The van der Waals surface area contributed by atoms with Gasteiger partial charge < -0.3 is 18.9 Å². The third-order valence-electron chi connectivity index (χ3n) is 6.75.